The summed E-state index contributed by atoms with van der Waals surface area (Å²) in [7, 11) is 0. The average Bonchev–Trinajstić information content (AvgIpc) is 1.95. The van der Waals surface area contributed by atoms with Gasteiger partial charge in [0.2, 0.25) is 0 Å². The Kier molecular flexibility index (Phi) is 5.72. The molecule has 0 aromatic carbocycles. The van der Waals surface area contributed by atoms with Crippen molar-refractivity contribution >= 4 is 5.97 Å². The van der Waals surface area contributed by atoms with Crippen LogP contribution in [0.5, 0.6) is 0 Å². The predicted molar refractivity (Wildman–Crippen MR) is 57.2 cm³/mol. The summed E-state index contributed by atoms with van der Waals surface area (Å²) in [5.41, 5.74) is 5.89. The number of hydrogen-bond acceptors (Lipinski definition) is 3. The van der Waals surface area contributed by atoms with Crippen molar-refractivity contribution < 1.29 is 9.90 Å². The summed E-state index contributed by atoms with van der Waals surface area (Å²) in [5, 5.41) is 11.6. The summed E-state index contributed by atoms with van der Waals surface area (Å²) in [6, 6.07) is -0.285. The highest BCUT2D eigenvalue weighted by Crippen LogP contribution is 2.16. The minimum Gasteiger partial charge on any atom is -0.481 e. The summed E-state index contributed by atoms with van der Waals surface area (Å²) in [6.45, 7) is 7.97. The van der Waals surface area contributed by atoms with E-state index in [0.29, 0.717) is 12.0 Å². The van der Waals surface area contributed by atoms with E-state index in [2.05, 4.69) is 26.1 Å². The molecule has 0 fully saturated rings. The van der Waals surface area contributed by atoms with Gasteiger partial charge in [-0.1, -0.05) is 20.8 Å². The molecule has 0 bridgehead atoms. The fraction of sp³-hybridized carbons (Fsp3) is 0.900. The van der Waals surface area contributed by atoms with Gasteiger partial charge in [-0.05, 0) is 18.4 Å². The zero-order valence-electron chi connectivity index (χ0n) is 9.34. The lowest BCUT2D eigenvalue weighted by atomic mass is 9.92. The Hall–Kier alpha value is -0.610. The van der Waals surface area contributed by atoms with Gasteiger partial charge >= 0.3 is 5.97 Å². The predicted octanol–water partition coefficient (Wildman–Crippen LogP) is 0.814. The molecule has 0 aliphatic carbocycles. The summed E-state index contributed by atoms with van der Waals surface area (Å²) >= 11 is 0. The van der Waals surface area contributed by atoms with Gasteiger partial charge in [0.05, 0.1) is 6.42 Å². The number of carbonyl (C=O) groups is 1. The molecule has 84 valence electrons. The Morgan fingerprint density at radius 1 is 1.50 bits per heavy atom. The van der Waals surface area contributed by atoms with Crippen molar-refractivity contribution in [1.82, 2.24) is 5.32 Å². The van der Waals surface area contributed by atoms with Crippen LogP contribution >= 0.6 is 0 Å². The lowest BCUT2D eigenvalue weighted by Gasteiger charge is -2.19. The standard InChI is InChI=1S/C10H22N2O2/c1-10(2,3)4-5-12-7-8(11)6-9(13)14/h8,12H,4-7,11H2,1-3H3,(H,13,14). The molecule has 1 unspecified atom stereocenters. The van der Waals surface area contributed by atoms with E-state index in [4.69, 9.17) is 10.8 Å². The quantitative estimate of drug-likeness (QED) is 0.557. The Morgan fingerprint density at radius 3 is 2.50 bits per heavy atom. The lowest BCUT2D eigenvalue weighted by Crippen LogP contribution is -2.36. The third-order valence-electron chi connectivity index (χ3n) is 1.90. The zero-order chi connectivity index (χ0) is 11.2. The molecule has 0 saturated carbocycles. The van der Waals surface area contributed by atoms with Crippen LogP contribution in [0.4, 0.5) is 0 Å². The monoisotopic (exact) mass is 202 g/mol. The fourth-order valence-electron chi connectivity index (χ4n) is 1.05. The normalized spacial score (nSPS) is 14.0. The van der Waals surface area contributed by atoms with Gasteiger partial charge in [0.15, 0.2) is 0 Å². The van der Waals surface area contributed by atoms with Crippen molar-refractivity contribution in [3.8, 4) is 0 Å². The third kappa shape index (κ3) is 9.48. The molecule has 0 rings (SSSR count). The van der Waals surface area contributed by atoms with E-state index in [1.807, 2.05) is 0 Å². The first kappa shape index (κ1) is 13.4. The van der Waals surface area contributed by atoms with Crippen molar-refractivity contribution in [1.29, 1.82) is 0 Å². The van der Waals surface area contributed by atoms with Crippen LogP contribution < -0.4 is 11.1 Å². The van der Waals surface area contributed by atoms with Crippen LogP contribution in [-0.4, -0.2) is 30.2 Å². The Labute approximate surface area is 85.9 Å². The van der Waals surface area contributed by atoms with Gasteiger partial charge in [-0.15, -0.1) is 0 Å². The summed E-state index contributed by atoms with van der Waals surface area (Å²) < 4.78 is 0. The van der Waals surface area contributed by atoms with E-state index >= 15 is 0 Å². The number of nitrogens with two attached hydrogens (primary N) is 1. The smallest absolute Gasteiger partial charge is 0.304 e. The number of aliphatic carboxylic acids is 1. The summed E-state index contributed by atoms with van der Waals surface area (Å²) in [6.07, 6.45) is 1.09. The molecule has 4 heteroatoms. The molecule has 0 spiro atoms. The molecule has 1 atom stereocenters. The van der Waals surface area contributed by atoms with E-state index in [9.17, 15) is 4.79 Å². The van der Waals surface area contributed by atoms with E-state index in [1.54, 1.807) is 0 Å². The molecule has 0 aliphatic rings. The van der Waals surface area contributed by atoms with Gasteiger partial charge in [-0.3, -0.25) is 4.79 Å². The minimum absolute atomic E-state index is 0.0303. The van der Waals surface area contributed by atoms with Crippen LogP contribution in [0.1, 0.15) is 33.6 Å². The minimum atomic E-state index is -0.838. The highest BCUT2D eigenvalue weighted by molar-refractivity contribution is 5.67. The number of carboxylic acid groups (broad SMARTS) is 1. The van der Waals surface area contributed by atoms with Crippen LogP contribution in [-0.2, 0) is 4.79 Å². The second kappa shape index (κ2) is 5.98. The molecule has 0 amide bonds. The maximum atomic E-state index is 10.3. The van der Waals surface area contributed by atoms with E-state index in [-0.39, 0.29) is 12.5 Å². The highest BCUT2D eigenvalue weighted by Gasteiger charge is 2.10. The largest absolute Gasteiger partial charge is 0.481 e. The maximum Gasteiger partial charge on any atom is 0.304 e. The summed E-state index contributed by atoms with van der Waals surface area (Å²) in [4.78, 5) is 10.3. The molecule has 14 heavy (non-hydrogen) atoms. The Balaban J connectivity index is 3.41. The van der Waals surface area contributed by atoms with Crippen molar-refractivity contribution in [2.24, 2.45) is 11.1 Å². The van der Waals surface area contributed by atoms with Crippen molar-refractivity contribution in [3.05, 3.63) is 0 Å². The fourth-order valence-corrected chi connectivity index (χ4v) is 1.05. The Morgan fingerprint density at radius 2 is 2.07 bits per heavy atom. The van der Waals surface area contributed by atoms with Gasteiger partial charge in [-0.2, -0.15) is 0 Å². The first-order chi connectivity index (χ1) is 6.31. The van der Waals surface area contributed by atoms with Crippen molar-refractivity contribution in [3.63, 3.8) is 0 Å². The number of rotatable bonds is 6. The molecule has 0 radical (unpaired) electrons. The second-order valence-electron chi connectivity index (χ2n) is 4.87. The highest BCUT2D eigenvalue weighted by atomic mass is 16.4. The second-order valence-corrected chi connectivity index (χ2v) is 4.87. The molecule has 4 N–H and O–H groups in total. The Bertz CT molecular complexity index is 175. The van der Waals surface area contributed by atoms with E-state index < -0.39 is 5.97 Å². The molecular weight excluding hydrogens is 180 g/mol. The van der Waals surface area contributed by atoms with Gasteiger partial charge in [0.1, 0.15) is 0 Å². The molecule has 4 nitrogen and oxygen atoms in total. The SMILES string of the molecule is CC(C)(C)CCNCC(N)CC(=O)O. The van der Waals surface area contributed by atoms with Gasteiger partial charge in [-0.25, -0.2) is 0 Å². The third-order valence-corrected chi connectivity index (χ3v) is 1.90. The van der Waals surface area contributed by atoms with Crippen LogP contribution in [0.25, 0.3) is 0 Å². The molecular formula is C10H22N2O2. The molecule has 0 saturated heterocycles. The van der Waals surface area contributed by atoms with Gasteiger partial charge in [0.25, 0.3) is 0 Å². The number of hydrogen-bond donors (Lipinski definition) is 3. The van der Waals surface area contributed by atoms with Crippen molar-refractivity contribution in [2.45, 2.75) is 39.7 Å². The zero-order valence-corrected chi connectivity index (χ0v) is 9.34. The summed E-state index contributed by atoms with van der Waals surface area (Å²) in [5.74, 6) is -0.838. The van der Waals surface area contributed by atoms with E-state index in [1.165, 1.54) is 0 Å². The molecule has 0 aromatic heterocycles. The first-order valence-corrected chi connectivity index (χ1v) is 4.99. The number of carboxylic acids is 1. The number of nitrogens with one attached hydrogen (secondary N) is 1. The van der Waals surface area contributed by atoms with Gasteiger partial charge in [0, 0.05) is 12.6 Å². The first-order valence-electron chi connectivity index (χ1n) is 4.99. The van der Waals surface area contributed by atoms with E-state index in [0.717, 1.165) is 13.0 Å². The van der Waals surface area contributed by atoms with Crippen molar-refractivity contribution in [2.75, 3.05) is 13.1 Å². The average molecular weight is 202 g/mol. The maximum absolute atomic E-state index is 10.3. The topological polar surface area (TPSA) is 75.3 Å². The van der Waals surface area contributed by atoms with Crippen LogP contribution in [0.15, 0.2) is 0 Å². The molecule has 0 aliphatic heterocycles. The van der Waals surface area contributed by atoms with Crippen LogP contribution in [0.2, 0.25) is 0 Å². The van der Waals surface area contributed by atoms with Crippen LogP contribution in [0.3, 0.4) is 0 Å². The van der Waals surface area contributed by atoms with Crippen LogP contribution in [0, 0.1) is 5.41 Å². The lowest BCUT2D eigenvalue weighted by molar-refractivity contribution is -0.137. The van der Waals surface area contributed by atoms with Gasteiger partial charge < -0.3 is 16.2 Å². The molecule has 0 aromatic rings. The molecule has 0 heterocycles.